The minimum absolute atomic E-state index is 0.00129. The van der Waals surface area contributed by atoms with Crippen molar-refractivity contribution in [3.05, 3.63) is 77.9 Å². The molecule has 2 aliphatic heterocycles. The molecule has 0 spiro atoms. The van der Waals surface area contributed by atoms with Gasteiger partial charge < -0.3 is 81.6 Å². The molecule has 8 atom stereocenters. The summed E-state index contributed by atoms with van der Waals surface area (Å²) in [5.41, 5.74) is 34.6. The molecule has 2 fully saturated rings. The number of hydrogen-bond acceptors (Lipinski definition) is 16. The maximum Gasteiger partial charge on any atom is 0.246 e. The van der Waals surface area contributed by atoms with E-state index < -0.39 is 139 Å². The topological polar surface area (TPSA) is 464 Å². The number of nitrogens with zero attached hydrogens (tertiary/aromatic N) is 2. The average Bonchev–Trinajstić information content (AvgIpc) is 3.96. The third-order valence-electron chi connectivity index (χ3n) is 12.6. The number of likely N-dealkylation sites (tertiary alicyclic amines) is 1. The molecule has 0 aromatic heterocycles. The van der Waals surface area contributed by atoms with Crippen LogP contribution in [0.5, 0.6) is 5.75 Å². The number of nitrogens with two attached hydrogens (primary N) is 6. The van der Waals surface area contributed by atoms with E-state index in [-0.39, 0.29) is 68.4 Å². The summed E-state index contributed by atoms with van der Waals surface area (Å²) < 4.78 is 0. The van der Waals surface area contributed by atoms with Gasteiger partial charge in [0.1, 0.15) is 48.0 Å². The molecule has 0 saturated carbocycles. The van der Waals surface area contributed by atoms with Crippen molar-refractivity contribution in [1.29, 1.82) is 0 Å². The molecule has 27 nitrogen and oxygen atoms in total. The number of benzene rings is 3. The van der Waals surface area contributed by atoms with Crippen LogP contribution in [0.15, 0.2) is 71.7 Å². The quantitative estimate of drug-likeness (QED) is 0.0234. The third kappa shape index (κ3) is 19.7. The van der Waals surface area contributed by atoms with Gasteiger partial charge in [0.15, 0.2) is 5.96 Å². The van der Waals surface area contributed by atoms with Gasteiger partial charge in [-0.2, -0.15) is 0 Å². The van der Waals surface area contributed by atoms with Crippen LogP contribution in [0.4, 0.5) is 0 Å². The molecule has 3 aromatic rings. The Morgan fingerprint density at radius 3 is 1.95 bits per heavy atom. The van der Waals surface area contributed by atoms with Crippen LogP contribution in [-0.4, -0.2) is 160 Å². The zero-order chi connectivity index (χ0) is 57.8. The molecule has 0 unspecified atom stereocenters. The maximum atomic E-state index is 14.7. The number of primary amides is 3. The number of fused-ring (bicyclic) bond motifs is 1. The highest BCUT2D eigenvalue weighted by atomic mass is 33.1. The van der Waals surface area contributed by atoms with Crippen molar-refractivity contribution in [2.45, 2.75) is 106 Å². The summed E-state index contributed by atoms with van der Waals surface area (Å²) in [7, 11) is 2.00. The Morgan fingerprint density at radius 2 is 1.29 bits per heavy atom. The SMILES string of the molecule is NC(=O)CC[C@@H]1NC(=O)[C@H](Cc2ccc3ccccc3c2)NC(=O)[C@H](Cc2ccc(O)cc2)NC(=O)[C@@H](N)CSSC[C@@H](C(=O)N2CCC[C@H]2C(=O)N[C@@H](CCCN=C(N)N)C(=O)NCC(N)=O)NC(=O)[C@H](CC(N)=O)NC1=O. The Labute approximate surface area is 461 Å². The fourth-order valence-corrected chi connectivity index (χ4v) is 10.8. The first-order chi connectivity index (χ1) is 37.6. The zero-order valence-electron chi connectivity index (χ0n) is 43.0. The van der Waals surface area contributed by atoms with Crippen molar-refractivity contribution in [3.8, 4) is 5.75 Å². The highest BCUT2D eigenvalue weighted by molar-refractivity contribution is 8.76. The molecule has 426 valence electrons. The monoisotopic (exact) mass is 1130 g/mol. The fraction of sp³-hybridized carbons (Fsp3) is 0.440. The molecule has 5 rings (SSSR count). The third-order valence-corrected chi connectivity index (χ3v) is 15.1. The van der Waals surface area contributed by atoms with Crippen molar-refractivity contribution >= 4 is 103 Å². The summed E-state index contributed by atoms with van der Waals surface area (Å²) in [4.78, 5) is 155. The van der Waals surface area contributed by atoms with Gasteiger partial charge in [0.2, 0.25) is 65.0 Å². The largest absolute Gasteiger partial charge is 0.508 e. The van der Waals surface area contributed by atoms with Crippen LogP contribution in [0, 0.1) is 0 Å². The predicted molar refractivity (Wildman–Crippen MR) is 293 cm³/mol. The Hall–Kier alpha value is -8.18. The van der Waals surface area contributed by atoms with Crippen molar-refractivity contribution < 1.29 is 57.8 Å². The van der Waals surface area contributed by atoms with E-state index in [9.17, 15) is 57.8 Å². The summed E-state index contributed by atoms with van der Waals surface area (Å²) in [6, 6.07) is 6.98. The van der Waals surface area contributed by atoms with E-state index in [1.54, 1.807) is 12.1 Å². The van der Waals surface area contributed by atoms with E-state index in [0.717, 1.165) is 32.4 Å². The van der Waals surface area contributed by atoms with Gasteiger partial charge in [-0.15, -0.1) is 0 Å². The van der Waals surface area contributed by atoms with E-state index in [1.165, 1.54) is 29.2 Å². The minimum Gasteiger partial charge on any atom is -0.508 e. The second-order valence-corrected chi connectivity index (χ2v) is 21.3. The standard InChI is InChI=1S/C50H67N15O12S2/c51-31-24-78-79-25-37(49(77)65-18-4-8-38(65)48(76)60-32(7-3-17-57-50(55)56)43(71)58-23-41(54)69)64-47(75)36(22-40(53)68)63-44(72)33(15-16-39(52)67)59-45(73)35(21-27-9-12-28-5-1-2-6-29(28)19-27)62-46(74)34(61-42(31)70)20-26-10-13-30(66)14-11-26/h1-2,5-6,9-14,19,31-38,66H,3-4,7-8,15-18,20-25,51H2,(H2,52,67)(H2,53,68)(H2,54,69)(H,58,71)(H,59,73)(H,60,76)(H,61,70)(H,62,74)(H,63,72)(H,64,75)(H4,55,56,57)/t31-,32-,33-,34-,35-,36-,37-,38-/m0/s1. The first-order valence-electron chi connectivity index (χ1n) is 25.1. The molecule has 29 heteroatoms. The van der Waals surface area contributed by atoms with Crippen molar-refractivity contribution in [2.75, 3.05) is 31.1 Å². The molecule has 0 aliphatic carbocycles. The lowest BCUT2D eigenvalue weighted by atomic mass is 9.99. The van der Waals surface area contributed by atoms with Crippen LogP contribution in [0.1, 0.15) is 56.1 Å². The number of rotatable bonds is 19. The van der Waals surface area contributed by atoms with Crippen molar-refractivity contribution in [2.24, 2.45) is 39.4 Å². The molecule has 0 bridgehead atoms. The fourth-order valence-electron chi connectivity index (χ4n) is 8.55. The number of phenolic OH excluding ortho intramolecular Hbond substituents is 1. The molecule has 79 heavy (non-hydrogen) atoms. The van der Waals surface area contributed by atoms with E-state index >= 15 is 0 Å². The number of hydrogen-bond donors (Lipinski definition) is 14. The van der Waals surface area contributed by atoms with E-state index in [0.29, 0.717) is 17.5 Å². The minimum atomic E-state index is -1.81. The lowest BCUT2D eigenvalue weighted by Gasteiger charge is -2.31. The van der Waals surface area contributed by atoms with Gasteiger partial charge in [0.05, 0.1) is 19.0 Å². The molecule has 2 heterocycles. The molecule has 3 aromatic carbocycles. The molecule has 2 saturated heterocycles. The van der Waals surface area contributed by atoms with Gasteiger partial charge >= 0.3 is 0 Å². The molecular formula is C50H67N15O12S2. The summed E-state index contributed by atoms with van der Waals surface area (Å²) in [5.74, 6) is -10.6. The van der Waals surface area contributed by atoms with Crippen LogP contribution in [0.2, 0.25) is 0 Å². The predicted octanol–water partition coefficient (Wildman–Crippen LogP) is -4.25. The van der Waals surface area contributed by atoms with E-state index in [4.69, 9.17) is 34.4 Å². The van der Waals surface area contributed by atoms with Crippen LogP contribution < -0.4 is 71.6 Å². The summed E-state index contributed by atoms with van der Waals surface area (Å²) >= 11 is 0. The van der Waals surface area contributed by atoms with Crippen LogP contribution in [-0.2, 0) is 65.6 Å². The molecule has 20 N–H and O–H groups in total. The van der Waals surface area contributed by atoms with Crippen molar-refractivity contribution in [3.63, 3.8) is 0 Å². The van der Waals surface area contributed by atoms with Gasteiger partial charge in [-0.05, 0) is 66.1 Å². The second-order valence-electron chi connectivity index (χ2n) is 18.8. The highest BCUT2D eigenvalue weighted by Crippen LogP contribution is 2.26. The molecule has 2 aliphatic rings. The lowest BCUT2D eigenvalue weighted by Crippen LogP contribution is -2.61. The number of nitrogens with one attached hydrogen (secondary N) is 7. The molecule has 0 radical (unpaired) electrons. The van der Waals surface area contributed by atoms with Crippen LogP contribution in [0.25, 0.3) is 10.8 Å². The van der Waals surface area contributed by atoms with Gasteiger partial charge in [-0.25, -0.2) is 0 Å². The number of guanidine groups is 1. The van der Waals surface area contributed by atoms with E-state index in [1.807, 2.05) is 30.3 Å². The first-order valence-corrected chi connectivity index (χ1v) is 27.6. The first kappa shape index (κ1) is 61.7. The zero-order valence-corrected chi connectivity index (χ0v) is 44.6. The van der Waals surface area contributed by atoms with Gasteiger partial charge in [0.25, 0.3) is 0 Å². The maximum absolute atomic E-state index is 14.7. The second kappa shape index (κ2) is 30.1. The summed E-state index contributed by atoms with van der Waals surface area (Å²) in [6.45, 7) is -0.450. The van der Waals surface area contributed by atoms with Gasteiger partial charge in [-0.1, -0.05) is 76.2 Å². The number of aromatic hydroxyl groups is 1. The number of aliphatic imine (C=N–C) groups is 1. The van der Waals surface area contributed by atoms with Crippen LogP contribution >= 0.6 is 21.6 Å². The number of carbonyl (C=O) groups excluding carboxylic acids is 11. The molecule has 11 amide bonds. The number of phenols is 1. The Bertz CT molecular complexity index is 2770. The number of amides is 11. The van der Waals surface area contributed by atoms with Gasteiger partial charge in [-0.3, -0.25) is 57.7 Å². The summed E-state index contributed by atoms with van der Waals surface area (Å²) in [5, 5.41) is 29.5. The van der Waals surface area contributed by atoms with Crippen molar-refractivity contribution in [1.82, 2.24) is 42.1 Å². The van der Waals surface area contributed by atoms with Gasteiger partial charge in [0, 0.05) is 43.9 Å². The summed E-state index contributed by atoms with van der Waals surface area (Å²) in [6.07, 6.45) is -1.45. The Kier molecular flexibility index (Phi) is 23.5. The normalized spacial score (nSPS) is 22.1. The Balaban J connectivity index is 1.49. The molecular weight excluding hydrogens is 1070 g/mol. The van der Waals surface area contributed by atoms with E-state index in [2.05, 4.69) is 42.2 Å². The average molecular weight is 1130 g/mol. The smallest absolute Gasteiger partial charge is 0.246 e. The van der Waals surface area contributed by atoms with Crippen LogP contribution in [0.3, 0.4) is 0 Å². The Morgan fingerprint density at radius 1 is 0.696 bits per heavy atom. The number of carbonyl (C=O) groups is 11. The highest BCUT2D eigenvalue weighted by Gasteiger charge is 2.41. The lowest BCUT2D eigenvalue weighted by molar-refractivity contribution is -0.142.